The van der Waals surface area contributed by atoms with E-state index in [9.17, 15) is 4.79 Å². The lowest BCUT2D eigenvalue weighted by atomic mass is 10.0. The third kappa shape index (κ3) is 3.28. The number of hydrogen-bond acceptors (Lipinski definition) is 5. The average Bonchev–Trinajstić information content (AvgIpc) is 3.12. The maximum atomic E-state index is 15.0. The van der Waals surface area contributed by atoms with Crippen LogP contribution in [0, 0.1) is 5.82 Å². The third-order valence-electron chi connectivity index (χ3n) is 4.71. The Labute approximate surface area is 161 Å². The summed E-state index contributed by atoms with van der Waals surface area (Å²) in [6.07, 6.45) is 0.225. The fraction of sp³-hybridized carbons (Fsp3) is 0.286. The second kappa shape index (κ2) is 7.71. The van der Waals surface area contributed by atoms with E-state index >= 15 is 4.39 Å². The maximum absolute atomic E-state index is 15.0. The lowest BCUT2D eigenvalue weighted by Crippen LogP contribution is -2.25. The molecule has 0 saturated carbocycles. The van der Waals surface area contributed by atoms with E-state index in [2.05, 4.69) is 0 Å². The number of fused-ring (bicyclic) bond motifs is 1. The maximum Gasteiger partial charge on any atom is 0.281 e. The molecule has 0 radical (unpaired) electrons. The van der Waals surface area contributed by atoms with Crippen molar-refractivity contribution in [1.82, 2.24) is 5.06 Å². The van der Waals surface area contributed by atoms with Crippen LogP contribution >= 0.6 is 0 Å². The van der Waals surface area contributed by atoms with Crippen LogP contribution in [0.25, 0.3) is 22.3 Å². The van der Waals surface area contributed by atoms with Gasteiger partial charge in [0.15, 0.2) is 12.1 Å². The molecule has 4 rings (SSSR count). The number of halogens is 1. The number of benzene rings is 2. The number of rotatable bonds is 4. The molecule has 1 fully saturated rings. The zero-order valence-corrected chi connectivity index (χ0v) is 15.6. The first-order valence-corrected chi connectivity index (χ1v) is 8.97. The lowest BCUT2D eigenvalue weighted by molar-refractivity contribution is -0.183. The van der Waals surface area contributed by atoms with Crippen LogP contribution in [0.3, 0.4) is 0 Å². The van der Waals surface area contributed by atoms with Crippen molar-refractivity contribution in [3.05, 3.63) is 59.4 Å². The van der Waals surface area contributed by atoms with E-state index in [4.69, 9.17) is 18.7 Å². The van der Waals surface area contributed by atoms with Gasteiger partial charge in [-0.05, 0) is 24.6 Å². The van der Waals surface area contributed by atoms with Crippen LogP contribution in [0.5, 0.6) is 0 Å². The largest absolute Gasteiger partial charge is 0.455 e. The molecule has 1 amide bonds. The van der Waals surface area contributed by atoms with Gasteiger partial charge in [0.25, 0.3) is 5.91 Å². The van der Waals surface area contributed by atoms with Crippen molar-refractivity contribution in [3.63, 3.8) is 0 Å². The third-order valence-corrected chi connectivity index (χ3v) is 4.71. The van der Waals surface area contributed by atoms with Gasteiger partial charge in [0.1, 0.15) is 11.4 Å². The number of para-hydroxylation sites is 1. The molecule has 0 bridgehead atoms. The Bertz CT molecular complexity index is 1010. The van der Waals surface area contributed by atoms with E-state index in [1.807, 2.05) is 0 Å². The molecule has 1 aliphatic rings. The molecule has 7 heteroatoms. The van der Waals surface area contributed by atoms with Crippen molar-refractivity contribution < 1.29 is 27.9 Å². The molecular formula is C21H20FNO5. The summed E-state index contributed by atoms with van der Waals surface area (Å²) in [6.45, 7) is 1.14. The molecule has 0 unspecified atom stereocenters. The Balaban J connectivity index is 1.81. The highest BCUT2D eigenvalue weighted by atomic mass is 19.1. The number of hydroxylamine groups is 2. The van der Waals surface area contributed by atoms with Gasteiger partial charge in [-0.15, -0.1) is 0 Å². The molecule has 146 valence electrons. The van der Waals surface area contributed by atoms with Crippen molar-refractivity contribution in [2.45, 2.75) is 12.7 Å². The molecule has 0 spiro atoms. The smallest absolute Gasteiger partial charge is 0.281 e. The minimum atomic E-state index is -0.589. The molecule has 1 aromatic heterocycles. The van der Waals surface area contributed by atoms with Crippen LogP contribution in [-0.4, -0.2) is 38.3 Å². The SMILES string of the molecule is CON(C)C(=O)c1c(-c2ccc(C3OCCCO3)cc2F)oc2ccccc12. The second-order valence-corrected chi connectivity index (χ2v) is 6.45. The van der Waals surface area contributed by atoms with Gasteiger partial charge >= 0.3 is 0 Å². The van der Waals surface area contributed by atoms with E-state index in [0.29, 0.717) is 29.7 Å². The van der Waals surface area contributed by atoms with E-state index < -0.39 is 18.0 Å². The van der Waals surface area contributed by atoms with Gasteiger partial charge in [-0.2, -0.15) is 0 Å². The van der Waals surface area contributed by atoms with Gasteiger partial charge in [-0.25, -0.2) is 9.45 Å². The minimum Gasteiger partial charge on any atom is -0.455 e. The van der Waals surface area contributed by atoms with Gasteiger partial charge in [0.05, 0.1) is 31.5 Å². The van der Waals surface area contributed by atoms with Gasteiger partial charge < -0.3 is 13.9 Å². The molecule has 0 N–H and O–H groups in total. The Morgan fingerprint density at radius 2 is 1.93 bits per heavy atom. The summed E-state index contributed by atoms with van der Waals surface area (Å²) in [5.74, 6) is -0.794. The molecule has 1 aliphatic heterocycles. The highest BCUT2D eigenvalue weighted by Gasteiger charge is 2.27. The summed E-state index contributed by atoms with van der Waals surface area (Å²) in [5, 5.41) is 1.67. The highest BCUT2D eigenvalue weighted by Crippen LogP contribution is 2.37. The van der Waals surface area contributed by atoms with Crippen molar-refractivity contribution in [2.75, 3.05) is 27.4 Å². The monoisotopic (exact) mass is 385 g/mol. The average molecular weight is 385 g/mol. The first kappa shape index (κ1) is 18.6. The molecule has 0 atom stereocenters. The van der Waals surface area contributed by atoms with Gasteiger partial charge in [0, 0.05) is 18.0 Å². The van der Waals surface area contributed by atoms with Crippen molar-refractivity contribution in [3.8, 4) is 11.3 Å². The van der Waals surface area contributed by atoms with Crippen molar-refractivity contribution in [2.24, 2.45) is 0 Å². The summed E-state index contributed by atoms with van der Waals surface area (Å²) in [7, 11) is 2.88. The quantitative estimate of drug-likeness (QED) is 0.627. The minimum absolute atomic E-state index is 0.157. The first-order chi connectivity index (χ1) is 13.6. The van der Waals surface area contributed by atoms with Crippen molar-refractivity contribution >= 4 is 16.9 Å². The number of furan rings is 1. The molecule has 1 saturated heterocycles. The number of amides is 1. The fourth-order valence-electron chi connectivity index (χ4n) is 3.23. The predicted octanol–water partition coefficient (Wildman–Crippen LogP) is 4.31. The van der Waals surface area contributed by atoms with Gasteiger partial charge in [-0.3, -0.25) is 9.63 Å². The van der Waals surface area contributed by atoms with E-state index in [0.717, 1.165) is 11.5 Å². The van der Waals surface area contributed by atoms with Crippen molar-refractivity contribution in [1.29, 1.82) is 0 Å². The lowest BCUT2D eigenvalue weighted by Gasteiger charge is -2.23. The number of carbonyl (C=O) groups is 1. The van der Waals surface area contributed by atoms with E-state index in [-0.39, 0.29) is 16.9 Å². The summed E-state index contributed by atoms with van der Waals surface area (Å²) in [6, 6.07) is 11.7. The topological polar surface area (TPSA) is 61.1 Å². The van der Waals surface area contributed by atoms with Crippen LogP contribution in [0.2, 0.25) is 0 Å². The highest BCUT2D eigenvalue weighted by molar-refractivity contribution is 6.10. The Hall–Kier alpha value is -2.74. The fourth-order valence-corrected chi connectivity index (χ4v) is 3.23. The summed E-state index contributed by atoms with van der Waals surface area (Å²) < 4.78 is 31.9. The standard InChI is InChI=1S/C21H20FNO5/c1-23(25-2)20(24)18-15-6-3-4-7-17(15)28-19(18)14-9-8-13(12-16(14)22)21-26-10-5-11-27-21/h3-4,6-9,12,21H,5,10-11H2,1-2H3. The summed E-state index contributed by atoms with van der Waals surface area (Å²) in [5.41, 5.74) is 1.51. The van der Waals surface area contributed by atoms with E-state index in [1.54, 1.807) is 36.4 Å². The van der Waals surface area contributed by atoms with Gasteiger partial charge in [-0.1, -0.05) is 24.3 Å². The molecule has 0 aliphatic carbocycles. The van der Waals surface area contributed by atoms with Crippen LogP contribution in [0.15, 0.2) is 46.9 Å². The number of ether oxygens (including phenoxy) is 2. The Kier molecular flexibility index (Phi) is 5.13. The van der Waals surface area contributed by atoms with E-state index in [1.165, 1.54) is 20.2 Å². The molecule has 2 aromatic carbocycles. The van der Waals surface area contributed by atoms with Gasteiger partial charge in [0.2, 0.25) is 0 Å². The molecule has 6 nitrogen and oxygen atoms in total. The molecule has 2 heterocycles. The Morgan fingerprint density at radius 1 is 1.18 bits per heavy atom. The first-order valence-electron chi connectivity index (χ1n) is 8.97. The normalized spacial score (nSPS) is 15.1. The molecule has 28 heavy (non-hydrogen) atoms. The molecular weight excluding hydrogens is 365 g/mol. The zero-order valence-electron chi connectivity index (χ0n) is 15.6. The summed E-state index contributed by atoms with van der Waals surface area (Å²) in [4.78, 5) is 17.9. The van der Waals surface area contributed by atoms with Crippen LogP contribution < -0.4 is 0 Å². The van der Waals surface area contributed by atoms with Crippen LogP contribution in [-0.2, 0) is 14.3 Å². The van der Waals surface area contributed by atoms with Crippen LogP contribution in [0.4, 0.5) is 4.39 Å². The zero-order chi connectivity index (χ0) is 19.7. The number of hydrogen-bond donors (Lipinski definition) is 0. The number of carbonyl (C=O) groups excluding carboxylic acids is 1. The second-order valence-electron chi connectivity index (χ2n) is 6.45. The summed E-state index contributed by atoms with van der Waals surface area (Å²) >= 11 is 0. The van der Waals surface area contributed by atoms with Crippen LogP contribution in [0.1, 0.15) is 28.6 Å². The predicted molar refractivity (Wildman–Crippen MR) is 100.0 cm³/mol. The molecule has 3 aromatic rings. The Morgan fingerprint density at radius 3 is 2.64 bits per heavy atom. The number of nitrogens with zero attached hydrogens (tertiary/aromatic N) is 1.